The van der Waals surface area contributed by atoms with Gasteiger partial charge >= 0.3 is 0 Å². The fraction of sp³-hybridized carbons (Fsp3) is 0.797. The number of hydrogen-bond donors (Lipinski definition) is 12. The van der Waals surface area contributed by atoms with E-state index in [-0.39, 0.29) is 18.9 Å². The molecule has 0 radical (unpaired) electrons. The molecule has 1 amide bonds. The average molecular weight is 1180 g/mol. The number of rotatable bonds is 46. The van der Waals surface area contributed by atoms with Crippen molar-refractivity contribution in [3.05, 3.63) is 72.9 Å². The van der Waals surface area contributed by atoms with Gasteiger partial charge in [-0.05, 0) is 70.6 Å². The lowest BCUT2D eigenvalue weighted by molar-refractivity contribution is -0.379. The van der Waals surface area contributed by atoms with Crippen LogP contribution in [0.15, 0.2) is 72.9 Å². The molecule has 12 N–H and O–H groups in total. The Hall–Kier alpha value is -2.77. The summed E-state index contributed by atoms with van der Waals surface area (Å²) >= 11 is 0. The van der Waals surface area contributed by atoms with E-state index >= 15 is 0 Å². The summed E-state index contributed by atoms with van der Waals surface area (Å²) in [5, 5.41) is 120. The molecule has 480 valence electrons. The topological polar surface area (TPSA) is 307 Å². The van der Waals surface area contributed by atoms with Crippen LogP contribution in [-0.2, 0) is 33.2 Å². The van der Waals surface area contributed by atoms with Crippen molar-refractivity contribution in [1.29, 1.82) is 0 Å². The molecule has 83 heavy (non-hydrogen) atoms. The Morgan fingerprint density at radius 2 is 0.843 bits per heavy atom. The van der Waals surface area contributed by atoms with E-state index in [1.807, 2.05) is 6.08 Å². The third kappa shape index (κ3) is 29.7. The lowest BCUT2D eigenvalue weighted by Gasteiger charge is -2.48. The van der Waals surface area contributed by atoms with E-state index in [4.69, 9.17) is 28.4 Å². The minimum absolute atomic E-state index is 0.204. The smallest absolute Gasteiger partial charge is 0.220 e. The van der Waals surface area contributed by atoms with Crippen molar-refractivity contribution in [3.63, 3.8) is 0 Å². The zero-order valence-electron chi connectivity index (χ0n) is 50.1. The molecule has 0 aliphatic carbocycles. The van der Waals surface area contributed by atoms with Crippen molar-refractivity contribution < 1.29 is 89.4 Å². The highest BCUT2D eigenvalue weighted by molar-refractivity contribution is 5.76. The molecule has 17 atom stereocenters. The summed E-state index contributed by atoms with van der Waals surface area (Å²) in [6, 6.07) is -1.01. The highest BCUT2D eigenvalue weighted by Gasteiger charge is 2.53. The predicted octanol–water partition coefficient (Wildman–Crippen LogP) is 6.60. The quantitative estimate of drug-likeness (QED) is 0.0226. The number of aliphatic hydroxyl groups is 11. The number of carbonyl (C=O) groups excluding carboxylic acids is 1. The maximum Gasteiger partial charge on any atom is 0.220 e. The van der Waals surface area contributed by atoms with Gasteiger partial charge in [0.25, 0.3) is 0 Å². The molecule has 0 aromatic heterocycles. The SMILES string of the molecule is CC/C=C\C/C=C\C/C=C\C/C=C\CCCCCCC(=O)NC(COC1OC(CO)C(OC2OC(CO)C(OC3OC(CO)C(O)C(O)C3O)C(O)C2O)C(O)C1O)C(O)/C=C/CC/C=C/CCCCCCCCCCCCCCCCC. The summed E-state index contributed by atoms with van der Waals surface area (Å²) in [5.74, 6) is -0.311. The van der Waals surface area contributed by atoms with Gasteiger partial charge in [0.05, 0.1) is 38.6 Å². The van der Waals surface area contributed by atoms with Crippen LogP contribution < -0.4 is 5.32 Å². The van der Waals surface area contributed by atoms with Gasteiger partial charge in [-0.2, -0.15) is 0 Å². The monoisotopic (exact) mass is 1180 g/mol. The van der Waals surface area contributed by atoms with Crippen LogP contribution in [0.1, 0.15) is 194 Å². The van der Waals surface area contributed by atoms with Crippen LogP contribution in [0.4, 0.5) is 0 Å². The maximum atomic E-state index is 13.3. The van der Waals surface area contributed by atoms with Crippen molar-refractivity contribution in [2.45, 2.75) is 298 Å². The molecule has 3 fully saturated rings. The second kappa shape index (κ2) is 46.4. The van der Waals surface area contributed by atoms with Crippen LogP contribution >= 0.6 is 0 Å². The summed E-state index contributed by atoms with van der Waals surface area (Å²) in [6.45, 7) is 1.56. The van der Waals surface area contributed by atoms with Crippen molar-refractivity contribution >= 4 is 5.91 Å². The fourth-order valence-electron chi connectivity index (χ4n) is 10.3. The first-order valence-corrected chi connectivity index (χ1v) is 31.7. The number of hydrogen-bond acceptors (Lipinski definition) is 18. The van der Waals surface area contributed by atoms with Crippen LogP contribution in [0.3, 0.4) is 0 Å². The lowest BCUT2D eigenvalue weighted by atomic mass is 9.96. The molecule has 3 aliphatic heterocycles. The average Bonchev–Trinajstić information content (AvgIpc) is 3.35. The molecule has 19 heteroatoms. The first-order valence-electron chi connectivity index (χ1n) is 31.7. The fourth-order valence-corrected chi connectivity index (χ4v) is 10.3. The second-order valence-corrected chi connectivity index (χ2v) is 22.5. The molecule has 0 aromatic rings. The van der Waals surface area contributed by atoms with Crippen molar-refractivity contribution in [1.82, 2.24) is 5.32 Å². The normalized spacial score (nSPS) is 29.9. The molecule has 0 saturated carbocycles. The van der Waals surface area contributed by atoms with Gasteiger partial charge in [-0.25, -0.2) is 0 Å². The van der Waals surface area contributed by atoms with Gasteiger partial charge in [0.1, 0.15) is 73.2 Å². The Balaban J connectivity index is 1.51. The van der Waals surface area contributed by atoms with Gasteiger partial charge < -0.3 is 89.9 Å². The highest BCUT2D eigenvalue weighted by atomic mass is 16.8. The molecule has 0 spiro atoms. The van der Waals surface area contributed by atoms with Crippen molar-refractivity contribution in [3.8, 4) is 0 Å². The van der Waals surface area contributed by atoms with Gasteiger partial charge in [-0.15, -0.1) is 0 Å². The van der Waals surface area contributed by atoms with Crippen molar-refractivity contribution in [2.75, 3.05) is 26.4 Å². The third-order valence-electron chi connectivity index (χ3n) is 15.5. The molecule has 3 aliphatic rings. The molecule has 3 rings (SSSR count). The van der Waals surface area contributed by atoms with E-state index in [0.29, 0.717) is 12.8 Å². The highest BCUT2D eigenvalue weighted by Crippen LogP contribution is 2.33. The molecule has 17 unspecified atom stereocenters. The van der Waals surface area contributed by atoms with E-state index in [1.54, 1.807) is 6.08 Å². The number of ether oxygens (including phenoxy) is 6. The van der Waals surface area contributed by atoms with Crippen LogP contribution in [0.25, 0.3) is 0 Å². The Morgan fingerprint density at radius 3 is 1.35 bits per heavy atom. The molecule has 19 nitrogen and oxygen atoms in total. The van der Waals surface area contributed by atoms with E-state index in [1.165, 1.54) is 89.9 Å². The molecule has 3 saturated heterocycles. The first-order chi connectivity index (χ1) is 40.3. The summed E-state index contributed by atoms with van der Waals surface area (Å²) < 4.78 is 34.2. The van der Waals surface area contributed by atoms with E-state index in [2.05, 4.69) is 79.9 Å². The van der Waals surface area contributed by atoms with Crippen LogP contribution in [0.5, 0.6) is 0 Å². The zero-order valence-corrected chi connectivity index (χ0v) is 50.1. The number of nitrogens with one attached hydrogen (secondary N) is 1. The number of allylic oxidation sites excluding steroid dienone is 11. The number of carbonyl (C=O) groups is 1. The van der Waals surface area contributed by atoms with Crippen LogP contribution in [-0.4, -0.2) is 193 Å². The minimum atomic E-state index is -1.99. The molecule has 0 aromatic carbocycles. The molecular formula is C64H111NO18. The summed E-state index contributed by atoms with van der Waals surface area (Å²) in [4.78, 5) is 13.3. The molecule has 0 bridgehead atoms. The molecule has 3 heterocycles. The standard InChI is InChI=1S/C64H111NO18/c1-3-5-7-9-11-13-15-17-19-21-22-23-24-26-27-29-31-33-35-37-39-41-48(69)47(65-52(70)42-40-38-36-34-32-30-28-25-20-18-16-14-12-10-8-6-4-2)46-78-62-58(76)55(73)60(50(44-67)80-62)83-64-59(77)56(74)61(51(45-68)81-64)82-63-57(75)54(72)53(71)49(43-66)79-63/h6,8,12,14,18,20,28,30-31,33,39,41,47-51,53-64,66-69,71-77H,3-5,7,9-11,13,15-17,19,21-27,29,32,34-38,40,42-46H2,1-2H3,(H,65,70)/b8-6-,14-12-,20-18-,30-28-,33-31+,41-39+. The summed E-state index contributed by atoms with van der Waals surface area (Å²) in [7, 11) is 0. The van der Waals surface area contributed by atoms with Crippen LogP contribution in [0, 0.1) is 0 Å². The van der Waals surface area contributed by atoms with Crippen LogP contribution in [0.2, 0.25) is 0 Å². The third-order valence-corrected chi connectivity index (χ3v) is 15.5. The first kappa shape index (κ1) is 74.5. The maximum absolute atomic E-state index is 13.3. The Morgan fingerprint density at radius 1 is 0.446 bits per heavy atom. The second-order valence-electron chi connectivity index (χ2n) is 22.5. The van der Waals surface area contributed by atoms with Gasteiger partial charge in [-0.3, -0.25) is 4.79 Å². The minimum Gasteiger partial charge on any atom is -0.394 e. The molecular weight excluding hydrogens is 1070 g/mol. The largest absolute Gasteiger partial charge is 0.394 e. The lowest BCUT2D eigenvalue weighted by Crippen LogP contribution is -2.66. The number of aliphatic hydroxyl groups excluding tert-OH is 11. The predicted molar refractivity (Wildman–Crippen MR) is 318 cm³/mol. The summed E-state index contributed by atoms with van der Waals surface area (Å²) in [6.07, 6.45) is 28.8. The van der Waals surface area contributed by atoms with Gasteiger partial charge in [0.2, 0.25) is 5.91 Å². The van der Waals surface area contributed by atoms with Gasteiger partial charge in [0.15, 0.2) is 18.9 Å². The van der Waals surface area contributed by atoms with Crippen molar-refractivity contribution in [2.24, 2.45) is 0 Å². The zero-order chi connectivity index (χ0) is 60.5. The number of amides is 1. The summed E-state index contributed by atoms with van der Waals surface area (Å²) in [5.41, 5.74) is 0. The Bertz CT molecular complexity index is 1790. The Labute approximate surface area is 496 Å². The van der Waals surface area contributed by atoms with Gasteiger partial charge in [-0.1, -0.05) is 189 Å². The van der Waals surface area contributed by atoms with E-state index < -0.39 is 124 Å². The van der Waals surface area contributed by atoms with Gasteiger partial charge in [0, 0.05) is 6.42 Å². The van der Waals surface area contributed by atoms with E-state index in [0.717, 1.165) is 70.6 Å². The van der Waals surface area contributed by atoms with E-state index in [9.17, 15) is 61.0 Å². The Kier molecular flexibility index (Phi) is 41.6. The number of unbranched alkanes of at least 4 members (excludes halogenated alkanes) is 20.